The van der Waals surface area contributed by atoms with E-state index in [4.69, 9.17) is 4.74 Å². The van der Waals surface area contributed by atoms with Gasteiger partial charge < -0.3 is 4.74 Å². The first-order valence-corrected chi connectivity index (χ1v) is 3.52. The fourth-order valence-corrected chi connectivity index (χ4v) is 0.386. The molecular formula is C9H14O2. The highest BCUT2D eigenvalue weighted by Gasteiger charge is 2.01. The van der Waals surface area contributed by atoms with Gasteiger partial charge in [0.2, 0.25) is 0 Å². The Morgan fingerprint density at radius 3 is 2.45 bits per heavy atom. The molecular weight excluding hydrogens is 140 g/mol. The minimum absolute atomic E-state index is 0.328. The molecule has 62 valence electrons. The van der Waals surface area contributed by atoms with E-state index in [9.17, 15) is 4.79 Å². The van der Waals surface area contributed by atoms with Crippen LogP contribution in [0.1, 0.15) is 20.8 Å². The molecule has 0 aliphatic carbocycles. The first-order valence-electron chi connectivity index (χ1n) is 3.52. The molecule has 0 aliphatic rings. The summed E-state index contributed by atoms with van der Waals surface area (Å²) in [6.45, 7) is 9.28. The lowest BCUT2D eigenvalue weighted by Gasteiger charge is -2.02. The summed E-state index contributed by atoms with van der Waals surface area (Å²) in [6.07, 6.45) is 1.91. The van der Waals surface area contributed by atoms with Crippen LogP contribution in [0.2, 0.25) is 0 Å². The van der Waals surface area contributed by atoms with Crippen LogP contribution in [0.4, 0.5) is 0 Å². The average molecular weight is 154 g/mol. The number of hydrogen-bond acceptors (Lipinski definition) is 2. The summed E-state index contributed by atoms with van der Waals surface area (Å²) < 4.78 is 4.85. The number of carbonyl (C=O) groups excluding carboxylic acids is 1. The van der Waals surface area contributed by atoms with Gasteiger partial charge in [0, 0.05) is 5.57 Å². The van der Waals surface area contributed by atoms with Crippen molar-refractivity contribution in [3.8, 4) is 0 Å². The Bertz CT molecular complexity index is 190. The fraction of sp³-hybridized carbons (Fsp3) is 0.444. The third-order valence-corrected chi connectivity index (χ3v) is 1.27. The summed E-state index contributed by atoms with van der Waals surface area (Å²) in [4.78, 5) is 10.8. The van der Waals surface area contributed by atoms with Crippen molar-refractivity contribution in [3.63, 3.8) is 0 Å². The van der Waals surface area contributed by atoms with Gasteiger partial charge in [-0.05, 0) is 26.3 Å². The predicted molar refractivity (Wildman–Crippen MR) is 45.2 cm³/mol. The number of esters is 1. The van der Waals surface area contributed by atoms with Gasteiger partial charge in [0.1, 0.15) is 6.61 Å². The number of allylic oxidation sites excluding steroid dienone is 1. The number of ether oxygens (including phenoxy) is 1. The molecule has 0 amide bonds. The lowest BCUT2D eigenvalue weighted by molar-refractivity contribution is -0.137. The highest BCUT2D eigenvalue weighted by Crippen LogP contribution is 1.97. The van der Waals surface area contributed by atoms with E-state index in [-0.39, 0.29) is 5.97 Å². The summed E-state index contributed by atoms with van der Waals surface area (Å²) in [6, 6.07) is 0. The standard InChI is InChI=1S/C9H14O2/c1-5-8(4)6-11-9(10)7(2)3/h5H,2,6H2,1,3-4H3/b8-5+. The first kappa shape index (κ1) is 9.95. The number of rotatable bonds is 3. The zero-order chi connectivity index (χ0) is 8.85. The van der Waals surface area contributed by atoms with Gasteiger partial charge in [0.15, 0.2) is 0 Å². The molecule has 11 heavy (non-hydrogen) atoms. The number of carbonyl (C=O) groups is 1. The Kier molecular flexibility index (Phi) is 4.27. The van der Waals surface area contributed by atoms with Crippen LogP contribution in [0.3, 0.4) is 0 Å². The second-order valence-electron chi connectivity index (χ2n) is 2.49. The molecule has 0 unspecified atom stereocenters. The van der Waals surface area contributed by atoms with Crippen molar-refractivity contribution in [1.29, 1.82) is 0 Å². The van der Waals surface area contributed by atoms with Gasteiger partial charge in [0.25, 0.3) is 0 Å². The van der Waals surface area contributed by atoms with Crippen LogP contribution in [-0.2, 0) is 9.53 Å². The largest absolute Gasteiger partial charge is 0.458 e. The van der Waals surface area contributed by atoms with Crippen molar-refractivity contribution >= 4 is 5.97 Å². The van der Waals surface area contributed by atoms with Crippen molar-refractivity contribution in [2.75, 3.05) is 6.61 Å². The van der Waals surface area contributed by atoms with E-state index in [1.165, 1.54) is 0 Å². The molecule has 0 heterocycles. The van der Waals surface area contributed by atoms with Crippen LogP contribution in [-0.4, -0.2) is 12.6 Å². The lowest BCUT2D eigenvalue weighted by atomic mass is 10.3. The third kappa shape index (κ3) is 4.37. The van der Waals surface area contributed by atoms with Gasteiger partial charge in [-0.2, -0.15) is 0 Å². The van der Waals surface area contributed by atoms with E-state index in [1.54, 1.807) is 6.92 Å². The Morgan fingerprint density at radius 1 is 1.55 bits per heavy atom. The summed E-state index contributed by atoms with van der Waals surface area (Å²) in [5.74, 6) is -0.328. The van der Waals surface area contributed by atoms with Gasteiger partial charge >= 0.3 is 5.97 Å². The Balaban J connectivity index is 3.72. The molecule has 0 N–H and O–H groups in total. The van der Waals surface area contributed by atoms with Crippen LogP contribution < -0.4 is 0 Å². The van der Waals surface area contributed by atoms with Gasteiger partial charge in [-0.1, -0.05) is 12.7 Å². The topological polar surface area (TPSA) is 26.3 Å². The molecule has 0 aliphatic heterocycles. The molecule has 0 fully saturated rings. The summed E-state index contributed by atoms with van der Waals surface area (Å²) in [5, 5.41) is 0. The van der Waals surface area contributed by atoms with Crippen LogP contribution in [0.25, 0.3) is 0 Å². The Morgan fingerprint density at radius 2 is 2.09 bits per heavy atom. The summed E-state index contributed by atoms with van der Waals surface area (Å²) in [7, 11) is 0. The van der Waals surface area contributed by atoms with Gasteiger partial charge in [0.05, 0.1) is 0 Å². The third-order valence-electron chi connectivity index (χ3n) is 1.27. The molecule has 0 aromatic heterocycles. The zero-order valence-corrected chi connectivity index (χ0v) is 7.31. The van der Waals surface area contributed by atoms with Crippen LogP contribution in [0, 0.1) is 0 Å². The molecule has 0 rings (SSSR count). The molecule has 0 spiro atoms. The van der Waals surface area contributed by atoms with Crippen molar-refractivity contribution < 1.29 is 9.53 Å². The molecule has 0 atom stereocenters. The van der Waals surface area contributed by atoms with E-state index in [1.807, 2.05) is 19.9 Å². The maximum absolute atomic E-state index is 10.8. The summed E-state index contributed by atoms with van der Waals surface area (Å²) in [5.41, 5.74) is 1.48. The monoisotopic (exact) mass is 154 g/mol. The van der Waals surface area contributed by atoms with Crippen molar-refractivity contribution in [2.45, 2.75) is 20.8 Å². The maximum Gasteiger partial charge on any atom is 0.333 e. The second kappa shape index (κ2) is 4.72. The molecule has 0 bridgehead atoms. The van der Waals surface area contributed by atoms with Crippen LogP contribution in [0.5, 0.6) is 0 Å². The molecule has 0 aromatic rings. The molecule has 0 saturated carbocycles. The molecule has 2 nitrogen and oxygen atoms in total. The van der Waals surface area contributed by atoms with E-state index >= 15 is 0 Å². The van der Waals surface area contributed by atoms with E-state index in [0.717, 1.165) is 5.57 Å². The van der Waals surface area contributed by atoms with Crippen molar-refractivity contribution in [1.82, 2.24) is 0 Å². The minimum Gasteiger partial charge on any atom is -0.458 e. The van der Waals surface area contributed by atoms with Gasteiger partial charge in [-0.15, -0.1) is 0 Å². The first-order chi connectivity index (χ1) is 5.07. The van der Waals surface area contributed by atoms with Crippen LogP contribution in [0.15, 0.2) is 23.8 Å². The fourth-order valence-electron chi connectivity index (χ4n) is 0.386. The SMILES string of the molecule is C=C(C)C(=O)OC/C(C)=C/C. The highest BCUT2D eigenvalue weighted by atomic mass is 16.5. The molecule has 0 radical (unpaired) electrons. The highest BCUT2D eigenvalue weighted by molar-refractivity contribution is 5.87. The minimum atomic E-state index is -0.328. The Labute approximate surface area is 67.6 Å². The number of hydrogen-bond donors (Lipinski definition) is 0. The molecule has 2 heteroatoms. The van der Waals surface area contributed by atoms with Gasteiger partial charge in [-0.3, -0.25) is 0 Å². The summed E-state index contributed by atoms with van der Waals surface area (Å²) >= 11 is 0. The van der Waals surface area contributed by atoms with E-state index in [2.05, 4.69) is 6.58 Å². The zero-order valence-electron chi connectivity index (χ0n) is 7.31. The second-order valence-corrected chi connectivity index (χ2v) is 2.49. The van der Waals surface area contributed by atoms with E-state index in [0.29, 0.717) is 12.2 Å². The van der Waals surface area contributed by atoms with Crippen molar-refractivity contribution in [3.05, 3.63) is 23.8 Å². The van der Waals surface area contributed by atoms with Gasteiger partial charge in [-0.25, -0.2) is 4.79 Å². The smallest absolute Gasteiger partial charge is 0.333 e. The maximum atomic E-state index is 10.8. The predicted octanol–water partition coefficient (Wildman–Crippen LogP) is 2.07. The van der Waals surface area contributed by atoms with E-state index < -0.39 is 0 Å². The lowest BCUT2D eigenvalue weighted by Crippen LogP contribution is -2.06. The molecule has 0 saturated heterocycles. The average Bonchev–Trinajstić information content (AvgIpc) is 1.99. The van der Waals surface area contributed by atoms with Crippen LogP contribution >= 0.6 is 0 Å². The molecule has 0 aromatic carbocycles. The Hall–Kier alpha value is -1.05. The quantitative estimate of drug-likeness (QED) is 0.353. The van der Waals surface area contributed by atoms with Crippen molar-refractivity contribution in [2.24, 2.45) is 0 Å². The normalized spacial score (nSPS) is 11.0.